The molecule has 2 nitrogen and oxygen atoms in total. The summed E-state index contributed by atoms with van der Waals surface area (Å²) in [5.74, 6) is 3.36. The Balaban J connectivity index is 1.45. The predicted octanol–water partition coefficient (Wildman–Crippen LogP) is 3.35. The summed E-state index contributed by atoms with van der Waals surface area (Å²) in [7, 11) is 0. The number of phenolic OH excluding ortho intramolecular Hbond substituents is 1. The van der Waals surface area contributed by atoms with E-state index in [-0.39, 0.29) is 0 Å². The summed E-state index contributed by atoms with van der Waals surface area (Å²) in [4.78, 5) is 0. The van der Waals surface area contributed by atoms with Gasteiger partial charge in [0.2, 0.25) is 0 Å². The molecular weight excluding hydrogens is 234 g/mol. The monoisotopic (exact) mass is 259 g/mol. The van der Waals surface area contributed by atoms with Gasteiger partial charge < -0.3 is 10.4 Å². The van der Waals surface area contributed by atoms with Crippen molar-refractivity contribution in [1.29, 1.82) is 0 Å². The average Bonchev–Trinajstić information content (AvgIpc) is 3.26. The first-order valence-electron chi connectivity index (χ1n) is 7.73. The topological polar surface area (TPSA) is 32.3 Å². The molecular formula is C17H25NO. The highest BCUT2D eigenvalue weighted by molar-refractivity contribution is 5.26. The van der Waals surface area contributed by atoms with E-state index < -0.39 is 0 Å². The number of aromatic hydroxyl groups is 1. The molecule has 0 radical (unpaired) electrons. The first-order valence-corrected chi connectivity index (χ1v) is 7.73. The molecule has 19 heavy (non-hydrogen) atoms. The summed E-state index contributed by atoms with van der Waals surface area (Å²) in [6.45, 7) is 3.47. The number of rotatable bonds is 7. The van der Waals surface area contributed by atoms with Crippen LogP contribution in [0.2, 0.25) is 0 Å². The van der Waals surface area contributed by atoms with Crippen molar-refractivity contribution in [2.45, 2.75) is 45.1 Å². The SMILES string of the molecule is CC(Cc1ccc(O)cc1)NCC(C1CC1)C1CC1. The predicted molar refractivity (Wildman–Crippen MR) is 78.2 cm³/mol. The minimum absolute atomic E-state index is 0.354. The first-order chi connectivity index (χ1) is 9.22. The average molecular weight is 259 g/mol. The van der Waals surface area contributed by atoms with Gasteiger partial charge in [-0.1, -0.05) is 12.1 Å². The van der Waals surface area contributed by atoms with Crippen LogP contribution in [0.25, 0.3) is 0 Å². The molecule has 0 aromatic heterocycles. The van der Waals surface area contributed by atoms with Crippen LogP contribution in [0.4, 0.5) is 0 Å². The van der Waals surface area contributed by atoms with Crippen molar-refractivity contribution in [3.05, 3.63) is 29.8 Å². The molecule has 2 N–H and O–H groups in total. The highest BCUT2D eigenvalue weighted by Crippen LogP contribution is 2.48. The molecule has 0 bridgehead atoms. The van der Waals surface area contributed by atoms with Crippen LogP contribution in [0.1, 0.15) is 38.2 Å². The molecule has 0 aliphatic heterocycles. The standard InChI is InChI=1S/C17H25NO/c1-12(10-13-2-8-16(19)9-3-13)18-11-17(14-4-5-14)15-6-7-15/h2-3,8-9,12,14-15,17-19H,4-7,10-11H2,1H3. The molecule has 3 rings (SSSR count). The quantitative estimate of drug-likeness (QED) is 0.787. The van der Waals surface area contributed by atoms with Gasteiger partial charge in [-0.15, -0.1) is 0 Å². The van der Waals surface area contributed by atoms with Gasteiger partial charge in [0.1, 0.15) is 5.75 Å². The summed E-state index contributed by atoms with van der Waals surface area (Å²) >= 11 is 0. The first kappa shape index (κ1) is 13.0. The molecule has 0 saturated heterocycles. The van der Waals surface area contributed by atoms with E-state index >= 15 is 0 Å². The Morgan fingerprint density at radius 1 is 1.11 bits per heavy atom. The van der Waals surface area contributed by atoms with Gasteiger partial charge in [-0.2, -0.15) is 0 Å². The zero-order valence-corrected chi connectivity index (χ0v) is 11.8. The van der Waals surface area contributed by atoms with Crippen molar-refractivity contribution >= 4 is 0 Å². The minimum atomic E-state index is 0.354. The Kier molecular flexibility index (Phi) is 3.79. The van der Waals surface area contributed by atoms with E-state index in [1.807, 2.05) is 12.1 Å². The van der Waals surface area contributed by atoms with Gasteiger partial charge in [0.15, 0.2) is 0 Å². The molecule has 2 saturated carbocycles. The minimum Gasteiger partial charge on any atom is -0.508 e. The van der Waals surface area contributed by atoms with Crippen LogP contribution in [0.3, 0.4) is 0 Å². The van der Waals surface area contributed by atoms with Gasteiger partial charge >= 0.3 is 0 Å². The number of hydrogen-bond donors (Lipinski definition) is 2. The lowest BCUT2D eigenvalue weighted by molar-refractivity contribution is 0.359. The van der Waals surface area contributed by atoms with E-state index in [2.05, 4.69) is 12.2 Å². The molecule has 0 spiro atoms. The Morgan fingerprint density at radius 2 is 1.68 bits per heavy atom. The lowest BCUT2D eigenvalue weighted by Crippen LogP contribution is -2.34. The molecule has 2 aliphatic carbocycles. The van der Waals surface area contributed by atoms with Gasteiger partial charge in [0, 0.05) is 6.04 Å². The summed E-state index contributed by atoms with van der Waals surface area (Å²) in [6.07, 6.45) is 6.91. The number of nitrogens with one attached hydrogen (secondary N) is 1. The third-order valence-electron chi connectivity index (χ3n) is 4.64. The van der Waals surface area contributed by atoms with E-state index in [0.717, 1.165) is 24.2 Å². The lowest BCUT2D eigenvalue weighted by atomic mass is 9.97. The number of benzene rings is 1. The smallest absolute Gasteiger partial charge is 0.115 e. The van der Waals surface area contributed by atoms with Crippen LogP contribution in [-0.4, -0.2) is 17.7 Å². The third kappa shape index (κ3) is 3.73. The Labute approximate surface area is 116 Å². The van der Waals surface area contributed by atoms with Gasteiger partial charge in [-0.3, -0.25) is 0 Å². The van der Waals surface area contributed by atoms with Crippen LogP contribution in [0.5, 0.6) is 5.75 Å². The fourth-order valence-corrected chi connectivity index (χ4v) is 3.16. The Hall–Kier alpha value is -1.02. The van der Waals surface area contributed by atoms with Crippen molar-refractivity contribution in [2.24, 2.45) is 17.8 Å². The maximum atomic E-state index is 9.29. The van der Waals surface area contributed by atoms with Crippen LogP contribution < -0.4 is 5.32 Å². The molecule has 1 aromatic rings. The molecule has 1 aromatic carbocycles. The van der Waals surface area contributed by atoms with Gasteiger partial charge in [0.25, 0.3) is 0 Å². The summed E-state index contributed by atoms with van der Waals surface area (Å²) in [5.41, 5.74) is 1.30. The van der Waals surface area contributed by atoms with Crippen LogP contribution in [0, 0.1) is 17.8 Å². The second-order valence-corrected chi connectivity index (χ2v) is 6.52. The number of hydrogen-bond acceptors (Lipinski definition) is 2. The maximum Gasteiger partial charge on any atom is 0.115 e. The zero-order valence-electron chi connectivity index (χ0n) is 11.8. The molecule has 0 heterocycles. The highest BCUT2D eigenvalue weighted by Gasteiger charge is 2.40. The van der Waals surface area contributed by atoms with E-state index in [1.165, 1.54) is 37.8 Å². The summed E-state index contributed by atoms with van der Waals surface area (Å²) in [6, 6.07) is 8.11. The second kappa shape index (κ2) is 5.54. The van der Waals surface area contributed by atoms with Gasteiger partial charge in [0.05, 0.1) is 0 Å². The van der Waals surface area contributed by atoms with E-state index in [0.29, 0.717) is 11.8 Å². The van der Waals surface area contributed by atoms with E-state index in [4.69, 9.17) is 0 Å². The Morgan fingerprint density at radius 3 is 2.21 bits per heavy atom. The third-order valence-corrected chi connectivity index (χ3v) is 4.64. The van der Waals surface area contributed by atoms with Crippen LogP contribution in [-0.2, 0) is 6.42 Å². The largest absolute Gasteiger partial charge is 0.508 e. The molecule has 0 amide bonds. The second-order valence-electron chi connectivity index (χ2n) is 6.52. The fourth-order valence-electron chi connectivity index (χ4n) is 3.16. The summed E-state index contributed by atoms with van der Waals surface area (Å²) in [5, 5.41) is 13.0. The van der Waals surface area contributed by atoms with E-state index in [1.54, 1.807) is 12.1 Å². The van der Waals surface area contributed by atoms with Crippen molar-refractivity contribution in [3.8, 4) is 5.75 Å². The molecule has 1 atom stereocenters. The molecule has 2 fully saturated rings. The van der Waals surface area contributed by atoms with Crippen LogP contribution >= 0.6 is 0 Å². The lowest BCUT2D eigenvalue weighted by Gasteiger charge is -2.20. The van der Waals surface area contributed by atoms with Crippen molar-refractivity contribution in [1.82, 2.24) is 5.32 Å². The molecule has 1 unspecified atom stereocenters. The Bertz CT molecular complexity index is 394. The molecule has 2 aliphatic rings. The van der Waals surface area contributed by atoms with Crippen molar-refractivity contribution < 1.29 is 5.11 Å². The van der Waals surface area contributed by atoms with E-state index in [9.17, 15) is 5.11 Å². The van der Waals surface area contributed by atoms with Crippen molar-refractivity contribution in [3.63, 3.8) is 0 Å². The molecule has 104 valence electrons. The van der Waals surface area contributed by atoms with Crippen molar-refractivity contribution in [2.75, 3.05) is 6.54 Å². The number of phenols is 1. The zero-order chi connectivity index (χ0) is 13.2. The maximum absolute atomic E-state index is 9.29. The fraction of sp³-hybridized carbons (Fsp3) is 0.647. The highest BCUT2D eigenvalue weighted by atomic mass is 16.3. The molecule has 2 heteroatoms. The van der Waals surface area contributed by atoms with Gasteiger partial charge in [-0.05, 0) is 81.0 Å². The normalized spacial score (nSPS) is 20.7. The van der Waals surface area contributed by atoms with Gasteiger partial charge in [-0.25, -0.2) is 0 Å². The van der Waals surface area contributed by atoms with Crippen LogP contribution in [0.15, 0.2) is 24.3 Å². The summed E-state index contributed by atoms with van der Waals surface area (Å²) < 4.78 is 0.